The molecule has 0 aliphatic heterocycles. The maximum atomic E-state index is 13.4. The third-order valence-electron chi connectivity index (χ3n) is 6.37. The summed E-state index contributed by atoms with van der Waals surface area (Å²) in [4.78, 5) is 39.9. The van der Waals surface area contributed by atoms with Crippen molar-refractivity contribution in [1.82, 2.24) is 5.32 Å². The second-order valence-electron chi connectivity index (χ2n) is 9.86. The van der Waals surface area contributed by atoms with Gasteiger partial charge >= 0.3 is 6.18 Å². The molecule has 1 atom stereocenters. The Kier molecular flexibility index (Phi) is 10.6. The molecule has 0 bridgehead atoms. The number of nitrogens with one attached hydrogen (secondary N) is 3. The summed E-state index contributed by atoms with van der Waals surface area (Å²) in [6.07, 6.45) is -2.53. The fourth-order valence-corrected chi connectivity index (χ4v) is 5.21. The number of hydrogen-bond acceptors (Lipinski definition) is 4. The van der Waals surface area contributed by atoms with Crippen molar-refractivity contribution in [3.05, 3.63) is 131 Å². The highest BCUT2D eigenvalue weighted by atomic mass is 32.2. The number of rotatable bonds is 10. The first-order valence-electron chi connectivity index (χ1n) is 13.7. The Morgan fingerprint density at radius 3 is 2.18 bits per heavy atom. The lowest BCUT2D eigenvalue weighted by Crippen LogP contribution is -2.30. The van der Waals surface area contributed by atoms with E-state index in [1.54, 1.807) is 67.6 Å². The highest BCUT2D eigenvalue weighted by molar-refractivity contribution is 8.00. The number of amides is 3. The minimum Gasteiger partial charge on any atom is -0.325 e. The van der Waals surface area contributed by atoms with Gasteiger partial charge in [0.1, 0.15) is 5.70 Å². The van der Waals surface area contributed by atoms with Crippen LogP contribution >= 0.6 is 11.8 Å². The number of thioether (sulfide) groups is 1. The van der Waals surface area contributed by atoms with Crippen LogP contribution in [0.25, 0.3) is 6.08 Å². The largest absolute Gasteiger partial charge is 0.416 e. The zero-order chi connectivity index (χ0) is 31.7. The summed E-state index contributed by atoms with van der Waals surface area (Å²) in [5.74, 6) is -1.44. The maximum Gasteiger partial charge on any atom is 0.416 e. The molecule has 3 N–H and O–H groups in total. The zero-order valence-electron chi connectivity index (χ0n) is 23.9. The normalized spacial score (nSPS) is 12.2. The van der Waals surface area contributed by atoms with Crippen molar-refractivity contribution >= 4 is 46.9 Å². The number of carbonyl (C=O) groups is 3. The quantitative estimate of drug-likeness (QED) is 0.125. The Morgan fingerprint density at radius 1 is 0.818 bits per heavy atom. The molecule has 1 unspecified atom stereocenters. The number of aryl methyl sites for hydroxylation is 1. The molecule has 0 saturated heterocycles. The van der Waals surface area contributed by atoms with Crippen LogP contribution in [0.1, 0.15) is 40.4 Å². The Balaban J connectivity index is 1.49. The summed E-state index contributed by atoms with van der Waals surface area (Å²) in [5.41, 5.74) is 1.77. The van der Waals surface area contributed by atoms with Crippen LogP contribution in [0.4, 0.5) is 24.5 Å². The molecule has 4 aromatic rings. The van der Waals surface area contributed by atoms with E-state index in [0.717, 1.165) is 23.3 Å². The van der Waals surface area contributed by atoms with Crippen molar-refractivity contribution in [3.8, 4) is 0 Å². The fourth-order valence-electron chi connectivity index (χ4n) is 4.20. The summed E-state index contributed by atoms with van der Waals surface area (Å²) in [7, 11) is 0. The molecular formula is C34H30F3N3O3S. The van der Waals surface area contributed by atoms with Gasteiger partial charge in [0.25, 0.3) is 11.8 Å². The van der Waals surface area contributed by atoms with Crippen LogP contribution in [0.2, 0.25) is 0 Å². The van der Waals surface area contributed by atoms with E-state index in [-0.39, 0.29) is 11.4 Å². The Bertz CT molecular complexity index is 1670. The highest BCUT2D eigenvalue weighted by Crippen LogP contribution is 2.32. The van der Waals surface area contributed by atoms with Crippen LogP contribution in [-0.4, -0.2) is 23.0 Å². The molecule has 4 rings (SSSR count). The average molecular weight is 618 g/mol. The number of carbonyl (C=O) groups excluding carboxylic acids is 3. The molecule has 226 valence electrons. The predicted octanol–water partition coefficient (Wildman–Crippen LogP) is 7.93. The lowest BCUT2D eigenvalue weighted by Gasteiger charge is -2.16. The topological polar surface area (TPSA) is 87.3 Å². The van der Waals surface area contributed by atoms with Crippen molar-refractivity contribution in [1.29, 1.82) is 0 Å². The Hall–Kier alpha value is -4.83. The van der Waals surface area contributed by atoms with E-state index in [2.05, 4.69) is 16.0 Å². The Labute approximate surface area is 257 Å². The van der Waals surface area contributed by atoms with Crippen LogP contribution < -0.4 is 16.0 Å². The zero-order valence-corrected chi connectivity index (χ0v) is 24.8. The van der Waals surface area contributed by atoms with Crippen molar-refractivity contribution in [3.63, 3.8) is 0 Å². The smallest absolute Gasteiger partial charge is 0.325 e. The molecule has 0 heterocycles. The number of anilines is 2. The molecule has 0 saturated carbocycles. The molecule has 0 aliphatic carbocycles. The molecule has 3 amide bonds. The van der Waals surface area contributed by atoms with E-state index in [0.29, 0.717) is 22.6 Å². The molecule has 0 fully saturated rings. The highest BCUT2D eigenvalue weighted by Gasteiger charge is 2.30. The SMILES string of the molecule is CCC(Sc1cccc(NC(=O)/C(=C\c2cccc(C)c2)NC(=O)c2ccccc2)c1)C(=O)Nc1cccc(C(F)(F)F)c1. The van der Waals surface area contributed by atoms with E-state index in [1.165, 1.54) is 23.9 Å². The first-order valence-corrected chi connectivity index (χ1v) is 14.6. The summed E-state index contributed by atoms with van der Waals surface area (Å²) in [6, 6.07) is 27.3. The number of alkyl halides is 3. The van der Waals surface area contributed by atoms with Gasteiger partial charge in [0.2, 0.25) is 5.91 Å². The lowest BCUT2D eigenvalue weighted by molar-refractivity contribution is -0.137. The molecule has 0 aliphatic rings. The second kappa shape index (κ2) is 14.6. The van der Waals surface area contributed by atoms with Crippen molar-refractivity contribution in [2.75, 3.05) is 10.6 Å². The minimum absolute atomic E-state index is 0.0365. The summed E-state index contributed by atoms with van der Waals surface area (Å²) in [6.45, 7) is 3.72. The van der Waals surface area contributed by atoms with Crippen molar-refractivity contribution in [2.45, 2.75) is 36.6 Å². The van der Waals surface area contributed by atoms with Crippen molar-refractivity contribution in [2.24, 2.45) is 0 Å². The van der Waals surface area contributed by atoms with Gasteiger partial charge in [-0.3, -0.25) is 14.4 Å². The molecule has 4 aromatic carbocycles. The standard InChI is InChI=1S/C34H30F3N3O3S/c1-3-30(33(43)39-26-15-8-14-25(20-26)34(35,36)37)44-28-17-9-16-27(21-28)38-32(42)29(19-23-11-7-10-22(2)18-23)40-31(41)24-12-5-4-6-13-24/h4-21,30H,3H2,1-2H3,(H,38,42)(H,39,43)(H,40,41)/b29-19+. The molecular weight excluding hydrogens is 587 g/mol. The summed E-state index contributed by atoms with van der Waals surface area (Å²) < 4.78 is 39.3. The lowest BCUT2D eigenvalue weighted by atomic mass is 10.1. The molecule has 0 radical (unpaired) electrons. The minimum atomic E-state index is -4.52. The van der Waals surface area contributed by atoms with Crippen molar-refractivity contribution < 1.29 is 27.6 Å². The van der Waals surface area contributed by atoms with E-state index in [4.69, 9.17) is 0 Å². The average Bonchev–Trinajstić information content (AvgIpc) is 3.00. The van der Waals surface area contributed by atoms with Gasteiger partial charge in [-0.05, 0) is 73.5 Å². The van der Waals surface area contributed by atoms with Gasteiger partial charge in [-0.25, -0.2) is 0 Å². The maximum absolute atomic E-state index is 13.4. The first-order chi connectivity index (χ1) is 21.0. The van der Waals surface area contributed by atoms with E-state index >= 15 is 0 Å². The summed E-state index contributed by atoms with van der Waals surface area (Å²) >= 11 is 1.22. The van der Waals surface area contributed by atoms with Crippen LogP contribution in [-0.2, 0) is 15.8 Å². The van der Waals surface area contributed by atoms with Crippen LogP contribution in [0, 0.1) is 6.92 Å². The number of halogens is 3. The number of hydrogen-bond donors (Lipinski definition) is 3. The van der Waals surface area contributed by atoms with Crippen LogP contribution in [0.15, 0.2) is 114 Å². The van der Waals surface area contributed by atoms with Gasteiger partial charge < -0.3 is 16.0 Å². The van der Waals surface area contributed by atoms with Gasteiger partial charge in [-0.1, -0.05) is 67.1 Å². The van der Waals surface area contributed by atoms with Crippen LogP contribution in [0.5, 0.6) is 0 Å². The second-order valence-corrected chi connectivity index (χ2v) is 11.1. The predicted molar refractivity (Wildman–Crippen MR) is 168 cm³/mol. The monoisotopic (exact) mass is 617 g/mol. The van der Waals surface area contributed by atoms with E-state index in [1.807, 2.05) is 31.2 Å². The van der Waals surface area contributed by atoms with Gasteiger partial charge in [-0.15, -0.1) is 11.8 Å². The molecule has 6 nitrogen and oxygen atoms in total. The van der Waals surface area contributed by atoms with Crippen LogP contribution in [0.3, 0.4) is 0 Å². The molecule has 10 heteroatoms. The fraction of sp³-hybridized carbons (Fsp3) is 0.147. The van der Waals surface area contributed by atoms with Gasteiger partial charge in [0, 0.05) is 21.8 Å². The number of benzene rings is 4. The molecule has 0 aromatic heterocycles. The van der Waals surface area contributed by atoms with Gasteiger partial charge in [-0.2, -0.15) is 13.2 Å². The third-order valence-corrected chi connectivity index (χ3v) is 7.73. The third kappa shape index (κ3) is 9.08. The summed E-state index contributed by atoms with van der Waals surface area (Å²) in [5, 5.41) is 7.48. The van der Waals surface area contributed by atoms with E-state index < -0.39 is 34.7 Å². The van der Waals surface area contributed by atoms with E-state index in [9.17, 15) is 27.6 Å². The Morgan fingerprint density at radius 2 is 1.50 bits per heavy atom. The van der Waals surface area contributed by atoms with Gasteiger partial charge in [0.05, 0.1) is 10.8 Å². The first kappa shape index (κ1) is 32.1. The molecule has 0 spiro atoms. The van der Waals surface area contributed by atoms with Gasteiger partial charge in [0.15, 0.2) is 0 Å². The molecule has 44 heavy (non-hydrogen) atoms.